The first-order valence-electron chi connectivity index (χ1n) is 6.32. The third-order valence-electron chi connectivity index (χ3n) is 3.75. The van der Waals surface area contributed by atoms with Crippen molar-refractivity contribution < 1.29 is 9.59 Å². The van der Waals surface area contributed by atoms with Crippen LogP contribution < -0.4 is 11.3 Å². The molecule has 1 rings (SSSR count). The molecule has 1 saturated heterocycles. The highest BCUT2D eigenvalue weighted by atomic mass is 16.2. The van der Waals surface area contributed by atoms with Crippen LogP contribution in [0.5, 0.6) is 0 Å². The van der Waals surface area contributed by atoms with Gasteiger partial charge in [0.25, 0.3) is 0 Å². The van der Waals surface area contributed by atoms with E-state index in [1.807, 2.05) is 27.8 Å². The maximum atomic E-state index is 12.1. The van der Waals surface area contributed by atoms with E-state index < -0.39 is 5.54 Å². The minimum Gasteiger partial charge on any atom is -0.343 e. The molecule has 0 aliphatic carbocycles. The standard InChI is InChI=1S/C12H24N4O2/c1-9(5-6-10(17)14-13)16-8-7-15(4)11(18)12(16,2)3/h9H,5-8,13H2,1-4H3,(H,14,17). The Morgan fingerprint density at radius 3 is 2.67 bits per heavy atom. The van der Waals surface area contributed by atoms with E-state index in [0.717, 1.165) is 13.1 Å². The summed E-state index contributed by atoms with van der Waals surface area (Å²) in [5.74, 6) is 5.02. The molecule has 18 heavy (non-hydrogen) atoms. The number of hydrazine groups is 1. The maximum absolute atomic E-state index is 12.1. The number of rotatable bonds is 4. The number of hydrogen-bond acceptors (Lipinski definition) is 4. The Balaban J connectivity index is 2.64. The topological polar surface area (TPSA) is 78.7 Å². The molecule has 1 atom stereocenters. The predicted molar refractivity (Wildman–Crippen MR) is 69.4 cm³/mol. The molecule has 1 unspecified atom stereocenters. The van der Waals surface area contributed by atoms with E-state index in [4.69, 9.17) is 5.84 Å². The molecule has 0 bridgehead atoms. The number of likely N-dealkylation sites (N-methyl/N-ethyl adjacent to an activating group) is 1. The average Bonchev–Trinajstić information content (AvgIpc) is 2.32. The highest BCUT2D eigenvalue weighted by Crippen LogP contribution is 2.25. The van der Waals surface area contributed by atoms with Gasteiger partial charge in [0.05, 0.1) is 5.54 Å². The number of hydrogen-bond donors (Lipinski definition) is 2. The van der Waals surface area contributed by atoms with Crippen LogP contribution in [0, 0.1) is 0 Å². The van der Waals surface area contributed by atoms with E-state index in [2.05, 4.69) is 10.3 Å². The number of carbonyl (C=O) groups is 2. The van der Waals surface area contributed by atoms with Crippen molar-refractivity contribution in [1.29, 1.82) is 0 Å². The average molecular weight is 256 g/mol. The summed E-state index contributed by atoms with van der Waals surface area (Å²) in [5, 5.41) is 0. The van der Waals surface area contributed by atoms with Gasteiger partial charge in [-0.25, -0.2) is 5.84 Å². The Morgan fingerprint density at radius 1 is 1.50 bits per heavy atom. The molecule has 0 aromatic heterocycles. The normalized spacial score (nSPS) is 21.8. The van der Waals surface area contributed by atoms with Gasteiger partial charge in [-0.15, -0.1) is 0 Å². The smallest absolute Gasteiger partial charge is 0.242 e. The van der Waals surface area contributed by atoms with Crippen molar-refractivity contribution >= 4 is 11.8 Å². The van der Waals surface area contributed by atoms with Crippen LogP contribution in [0.25, 0.3) is 0 Å². The lowest BCUT2D eigenvalue weighted by molar-refractivity contribution is -0.149. The van der Waals surface area contributed by atoms with E-state index in [9.17, 15) is 9.59 Å². The lowest BCUT2D eigenvalue weighted by atomic mass is 9.94. The van der Waals surface area contributed by atoms with E-state index in [-0.39, 0.29) is 17.9 Å². The van der Waals surface area contributed by atoms with Crippen molar-refractivity contribution in [3.8, 4) is 0 Å². The summed E-state index contributed by atoms with van der Waals surface area (Å²) >= 11 is 0. The van der Waals surface area contributed by atoms with Gasteiger partial charge in [0.2, 0.25) is 11.8 Å². The summed E-state index contributed by atoms with van der Waals surface area (Å²) in [6.45, 7) is 7.48. The molecule has 0 radical (unpaired) electrons. The van der Waals surface area contributed by atoms with Crippen LogP contribution in [0.15, 0.2) is 0 Å². The van der Waals surface area contributed by atoms with E-state index in [0.29, 0.717) is 12.8 Å². The lowest BCUT2D eigenvalue weighted by Crippen LogP contribution is -2.64. The Kier molecular flexibility index (Phi) is 4.70. The molecule has 1 aliphatic rings. The maximum Gasteiger partial charge on any atom is 0.242 e. The summed E-state index contributed by atoms with van der Waals surface area (Å²) in [4.78, 5) is 27.2. The fraction of sp³-hybridized carbons (Fsp3) is 0.833. The van der Waals surface area contributed by atoms with Crippen molar-refractivity contribution in [1.82, 2.24) is 15.2 Å². The SMILES string of the molecule is CC(CCC(=O)NN)N1CCN(C)C(=O)C1(C)C. The Morgan fingerprint density at radius 2 is 2.11 bits per heavy atom. The minimum atomic E-state index is -0.508. The van der Waals surface area contributed by atoms with Gasteiger partial charge in [-0.2, -0.15) is 0 Å². The summed E-state index contributed by atoms with van der Waals surface area (Å²) < 4.78 is 0. The number of carbonyl (C=O) groups excluding carboxylic acids is 2. The molecule has 1 heterocycles. The molecule has 0 saturated carbocycles. The van der Waals surface area contributed by atoms with Crippen molar-refractivity contribution in [2.24, 2.45) is 5.84 Å². The van der Waals surface area contributed by atoms with Crippen molar-refractivity contribution in [2.45, 2.75) is 45.2 Å². The molecule has 6 heteroatoms. The largest absolute Gasteiger partial charge is 0.343 e. The zero-order chi connectivity index (χ0) is 13.9. The summed E-state index contributed by atoms with van der Waals surface area (Å²) in [5.41, 5.74) is 1.62. The monoisotopic (exact) mass is 256 g/mol. The van der Waals surface area contributed by atoms with E-state index >= 15 is 0 Å². The Hall–Kier alpha value is -1.14. The number of piperazine rings is 1. The van der Waals surface area contributed by atoms with Gasteiger partial charge in [-0.05, 0) is 27.2 Å². The van der Waals surface area contributed by atoms with Crippen LogP contribution in [0.1, 0.15) is 33.6 Å². The van der Waals surface area contributed by atoms with Gasteiger partial charge < -0.3 is 4.90 Å². The third-order valence-corrected chi connectivity index (χ3v) is 3.75. The van der Waals surface area contributed by atoms with E-state index in [1.54, 1.807) is 4.90 Å². The number of nitrogens with two attached hydrogens (primary N) is 1. The van der Waals surface area contributed by atoms with Crippen molar-refractivity contribution in [3.05, 3.63) is 0 Å². The van der Waals surface area contributed by atoms with Crippen LogP contribution in [0.2, 0.25) is 0 Å². The second-order valence-electron chi connectivity index (χ2n) is 5.43. The van der Waals surface area contributed by atoms with Crippen LogP contribution >= 0.6 is 0 Å². The summed E-state index contributed by atoms with van der Waals surface area (Å²) in [6.07, 6.45) is 1.08. The van der Waals surface area contributed by atoms with Gasteiger partial charge in [0, 0.05) is 32.6 Å². The number of nitrogens with zero attached hydrogens (tertiary/aromatic N) is 2. The Bertz CT molecular complexity index is 330. The molecule has 104 valence electrons. The molecule has 2 amide bonds. The third kappa shape index (κ3) is 3.00. The molecular weight excluding hydrogens is 232 g/mol. The quantitative estimate of drug-likeness (QED) is 0.411. The number of amides is 2. The highest BCUT2D eigenvalue weighted by Gasteiger charge is 2.42. The summed E-state index contributed by atoms with van der Waals surface area (Å²) in [7, 11) is 1.83. The Labute approximate surface area is 108 Å². The second kappa shape index (κ2) is 5.67. The predicted octanol–water partition coefficient (Wildman–Crippen LogP) is -0.302. The molecular formula is C12H24N4O2. The zero-order valence-electron chi connectivity index (χ0n) is 11.7. The first-order chi connectivity index (χ1) is 8.30. The van der Waals surface area contributed by atoms with Gasteiger partial charge in [-0.3, -0.25) is 19.9 Å². The van der Waals surface area contributed by atoms with Gasteiger partial charge in [0.15, 0.2) is 0 Å². The first kappa shape index (κ1) is 14.9. The van der Waals surface area contributed by atoms with Crippen LogP contribution in [0.4, 0.5) is 0 Å². The zero-order valence-corrected chi connectivity index (χ0v) is 11.7. The molecule has 3 N–H and O–H groups in total. The fourth-order valence-corrected chi connectivity index (χ4v) is 2.57. The second-order valence-corrected chi connectivity index (χ2v) is 5.43. The van der Waals surface area contributed by atoms with E-state index in [1.165, 1.54) is 0 Å². The molecule has 0 aromatic rings. The van der Waals surface area contributed by atoms with Crippen LogP contribution in [-0.2, 0) is 9.59 Å². The highest BCUT2D eigenvalue weighted by molar-refractivity contribution is 5.86. The first-order valence-corrected chi connectivity index (χ1v) is 6.32. The molecule has 0 spiro atoms. The van der Waals surface area contributed by atoms with Crippen LogP contribution in [-0.4, -0.2) is 53.3 Å². The van der Waals surface area contributed by atoms with Crippen molar-refractivity contribution in [3.63, 3.8) is 0 Å². The van der Waals surface area contributed by atoms with Gasteiger partial charge in [0.1, 0.15) is 0 Å². The molecule has 6 nitrogen and oxygen atoms in total. The van der Waals surface area contributed by atoms with Gasteiger partial charge in [-0.1, -0.05) is 0 Å². The van der Waals surface area contributed by atoms with Crippen molar-refractivity contribution in [2.75, 3.05) is 20.1 Å². The van der Waals surface area contributed by atoms with Gasteiger partial charge >= 0.3 is 0 Å². The molecule has 1 fully saturated rings. The molecule has 0 aromatic carbocycles. The van der Waals surface area contributed by atoms with Crippen LogP contribution in [0.3, 0.4) is 0 Å². The number of nitrogens with one attached hydrogen (secondary N) is 1. The lowest BCUT2D eigenvalue weighted by Gasteiger charge is -2.47. The fourth-order valence-electron chi connectivity index (χ4n) is 2.57. The molecule has 1 aliphatic heterocycles. The summed E-state index contributed by atoms with van der Waals surface area (Å²) in [6, 6.07) is 0.176. The minimum absolute atomic E-state index is 0.129.